The monoisotopic (exact) mass is 343 g/mol. The van der Waals surface area contributed by atoms with Crippen molar-refractivity contribution < 1.29 is 18.7 Å². The predicted molar refractivity (Wildman–Crippen MR) is 95.4 cm³/mol. The van der Waals surface area contributed by atoms with E-state index in [0.29, 0.717) is 12.8 Å². The second kappa shape index (κ2) is 6.90. The molecule has 0 aliphatic heterocycles. The first-order valence-electron chi connectivity index (χ1n) is 8.82. The highest BCUT2D eigenvalue weighted by Crippen LogP contribution is 2.30. The van der Waals surface area contributed by atoms with E-state index in [2.05, 4.69) is 5.32 Å². The van der Waals surface area contributed by atoms with Gasteiger partial charge in [-0.05, 0) is 37.8 Å². The third-order valence-electron chi connectivity index (χ3n) is 5.35. The number of furan rings is 1. The molecule has 1 aromatic carbocycles. The Hall–Kier alpha value is -2.30. The van der Waals surface area contributed by atoms with Gasteiger partial charge in [0, 0.05) is 10.9 Å². The van der Waals surface area contributed by atoms with Crippen LogP contribution in [0.4, 0.5) is 0 Å². The van der Waals surface area contributed by atoms with E-state index in [9.17, 15) is 9.59 Å². The van der Waals surface area contributed by atoms with Crippen LogP contribution < -0.4 is 5.32 Å². The van der Waals surface area contributed by atoms with E-state index in [1.54, 1.807) is 6.26 Å². The quantitative estimate of drug-likeness (QED) is 0.862. The molecule has 0 radical (unpaired) electrons. The third kappa shape index (κ3) is 3.28. The second-order valence-corrected chi connectivity index (χ2v) is 7.00. The Morgan fingerprint density at radius 1 is 1.20 bits per heavy atom. The number of ether oxygens (including phenoxy) is 1. The van der Waals surface area contributed by atoms with Crippen LogP contribution in [0.5, 0.6) is 0 Å². The van der Waals surface area contributed by atoms with Gasteiger partial charge in [0.1, 0.15) is 11.1 Å². The maximum atomic E-state index is 12.6. The van der Waals surface area contributed by atoms with Gasteiger partial charge >= 0.3 is 5.97 Å². The van der Waals surface area contributed by atoms with Crippen LogP contribution in [0.2, 0.25) is 0 Å². The maximum Gasteiger partial charge on any atom is 0.331 e. The van der Waals surface area contributed by atoms with Gasteiger partial charge in [-0.25, -0.2) is 4.79 Å². The van der Waals surface area contributed by atoms with Crippen molar-refractivity contribution >= 4 is 22.8 Å². The number of benzene rings is 1. The Balaban J connectivity index is 1.80. The molecule has 1 fully saturated rings. The van der Waals surface area contributed by atoms with Gasteiger partial charge in [0.2, 0.25) is 5.91 Å². The number of rotatable bonds is 4. The molecule has 1 aromatic heterocycles. The number of hydrogen-bond acceptors (Lipinski definition) is 4. The fourth-order valence-corrected chi connectivity index (χ4v) is 3.74. The van der Waals surface area contributed by atoms with E-state index >= 15 is 0 Å². The van der Waals surface area contributed by atoms with Crippen LogP contribution in [-0.2, 0) is 20.7 Å². The Morgan fingerprint density at radius 2 is 1.92 bits per heavy atom. The summed E-state index contributed by atoms with van der Waals surface area (Å²) in [5, 5.41) is 3.91. The standard InChI is InChI=1S/C20H25NO4/c1-13-7-8-16-15(12-25-18(16)14(13)2)11-17(22)21-20(19(23)24-3)9-5-4-6-10-20/h7-8,12H,4-6,9-11H2,1-3H3,(H,21,22). The van der Waals surface area contributed by atoms with E-state index < -0.39 is 5.54 Å². The van der Waals surface area contributed by atoms with Gasteiger partial charge in [-0.1, -0.05) is 31.4 Å². The largest absolute Gasteiger partial charge is 0.467 e. The minimum atomic E-state index is -0.879. The molecule has 1 heterocycles. The predicted octanol–water partition coefficient (Wildman–Crippen LogP) is 3.58. The molecule has 1 saturated carbocycles. The average Bonchev–Trinajstić information content (AvgIpc) is 3.01. The number of amides is 1. The van der Waals surface area contributed by atoms with Crippen LogP contribution in [-0.4, -0.2) is 24.5 Å². The number of carbonyl (C=O) groups is 2. The summed E-state index contributed by atoms with van der Waals surface area (Å²) in [6.07, 6.45) is 6.02. The Kier molecular flexibility index (Phi) is 4.84. The van der Waals surface area contributed by atoms with Crippen LogP contribution in [0.1, 0.15) is 48.8 Å². The summed E-state index contributed by atoms with van der Waals surface area (Å²) in [5.74, 6) is -0.516. The molecule has 5 nitrogen and oxygen atoms in total. The van der Waals surface area contributed by atoms with Crippen molar-refractivity contribution in [2.24, 2.45) is 0 Å². The van der Waals surface area contributed by atoms with Crippen molar-refractivity contribution in [1.29, 1.82) is 0 Å². The molecule has 0 spiro atoms. The number of hydrogen-bond donors (Lipinski definition) is 1. The van der Waals surface area contributed by atoms with E-state index in [1.165, 1.54) is 7.11 Å². The number of methoxy groups -OCH3 is 1. The molecule has 1 amide bonds. The molecule has 0 bridgehead atoms. The van der Waals surface area contributed by atoms with E-state index in [0.717, 1.165) is 46.9 Å². The fourth-order valence-electron chi connectivity index (χ4n) is 3.74. The minimum absolute atomic E-state index is 0.173. The summed E-state index contributed by atoms with van der Waals surface area (Å²) in [6, 6.07) is 4.02. The first kappa shape index (κ1) is 17.5. The van der Waals surface area contributed by atoms with Crippen molar-refractivity contribution in [2.75, 3.05) is 7.11 Å². The molecule has 1 N–H and O–H groups in total. The molecule has 0 atom stereocenters. The maximum absolute atomic E-state index is 12.6. The SMILES string of the molecule is COC(=O)C1(NC(=O)Cc2coc3c(C)c(C)ccc23)CCCCC1. The van der Waals surface area contributed by atoms with E-state index in [4.69, 9.17) is 9.15 Å². The zero-order valence-electron chi connectivity index (χ0n) is 15.1. The van der Waals surface area contributed by atoms with E-state index in [1.807, 2.05) is 26.0 Å². The number of aryl methyl sites for hydroxylation is 2. The minimum Gasteiger partial charge on any atom is -0.467 e. The molecule has 3 rings (SSSR count). The molecule has 0 saturated heterocycles. The van der Waals surface area contributed by atoms with Gasteiger partial charge in [0.25, 0.3) is 0 Å². The summed E-state index contributed by atoms with van der Waals surface area (Å²) < 4.78 is 10.6. The van der Waals surface area contributed by atoms with Crippen molar-refractivity contribution in [2.45, 2.75) is 57.9 Å². The van der Waals surface area contributed by atoms with Crippen LogP contribution in [0.15, 0.2) is 22.8 Å². The lowest BCUT2D eigenvalue weighted by atomic mass is 9.81. The van der Waals surface area contributed by atoms with Crippen molar-refractivity contribution in [1.82, 2.24) is 5.32 Å². The highest BCUT2D eigenvalue weighted by molar-refractivity contribution is 5.92. The van der Waals surface area contributed by atoms with Gasteiger partial charge in [-0.3, -0.25) is 4.79 Å². The number of esters is 1. The van der Waals surface area contributed by atoms with Crippen molar-refractivity contribution in [3.05, 3.63) is 35.1 Å². The Morgan fingerprint density at radius 3 is 2.60 bits per heavy atom. The van der Waals surface area contributed by atoms with Gasteiger partial charge in [-0.15, -0.1) is 0 Å². The van der Waals surface area contributed by atoms with Gasteiger partial charge in [0.05, 0.1) is 19.8 Å². The lowest BCUT2D eigenvalue weighted by Crippen LogP contribution is -2.56. The number of nitrogens with one attached hydrogen (secondary N) is 1. The molecule has 5 heteroatoms. The lowest BCUT2D eigenvalue weighted by molar-refractivity contribution is -0.152. The smallest absolute Gasteiger partial charge is 0.331 e. The lowest BCUT2D eigenvalue weighted by Gasteiger charge is -2.35. The molecule has 134 valence electrons. The highest BCUT2D eigenvalue weighted by Gasteiger charge is 2.41. The first-order chi connectivity index (χ1) is 12.0. The van der Waals surface area contributed by atoms with Crippen LogP contribution in [0.3, 0.4) is 0 Å². The molecular formula is C20H25NO4. The second-order valence-electron chi connectivity index (χ2n) is 7.00. The normalized spacial score (nSPS) is 16.6. The van der Waals surface area contributed by atoms with E-state index in [-0.39, 0.29) is 18.3 Å². The third-order valence-corrected chi connectivity index (χ3v) is 5.35. The Labute approximate surface area is 147 Å². The Bertz CT molecular complexity index is 799. The molecule has 25 heavy (non-hydrogen) atoms. The average molecular weight is 343 g/mol. The summed E-state index contributed by atoms with van der Waals surface area (Å²) in [4.78, 5) is 24.9. The van der Waals surface area contributed by atoms with Crippen LogP contribution in [0, 0.1) is 13.8 Å². The number of carbonyl (C=O) groups excluding carboxylic acids is 2. The molecule has 0 unspecified atom stereocenters. The summed E-state index contributed by atoms with van der Waals surface area (Å²) in [7, 11) is 1.37. The zero-order chi connectivity index (χ0) is 18.0. The van der Waals surface area contributed by atoms with Crippen LogP contribution in [0.25, 0.3) is 11.0 Å². The van der Waals surface area contributed by atoms with Gasteiger partial charge in [0.15, 0.2) is 0 Å². The van der Waals surface area contributed by atoms with Gasteiger partial charge in [-0.2, -0.15) is 0 Å². The first-order valence-corrected chi connectivity index (χ1v) is 8.82. The summed E-state index contributed by atoms with van der Waals surface area (Å²) in [5.41, 5.74) is 3.03. The molecule has 1 aliphatic carbocycles. The summed E-state index contributed by atoms with van der Waals surface area (Å²) >= 11 is 0. The van der Waals surface area contributed by atoms with Crippen molar-refractivity contribution in [3.8, 4) is 0 Å². The molecular weight excluding hydrogens is 318 g/mol. The summed E-state index contributed by atoms with van der Waals surface area (Å²) in [6.45, 7) is 4.05. The number of fused-ring (bicyclic) bond motifs is 1. The highest BCUT2D eigenvalue weighted by atomic mass is 16.5. The topological polar surface area (TPSA) is 68.5 Å². The van der Waals surface area contributed by atoms with Gasteiger partial charge < -0.3 is 14.5 Å². The van der Waals surface area contributed by atoms with Crippen LogP contribution >= 0.6 is 0 Å². The fraction of sp³-hybridized carbons (Fsp3) is 0.500. The molecule has 2 aromatic rings. The molecule has 1 aliphatic rings. The van der Waals surface area contributed by atoms with Crippen molar-refractivity contribution in [3.63, 3.8) is 0 Å². The zero-order valence-corrected chi connectivity index (χ0v) is 15.1.